The quantitative estimate of drug-likeness (QED) is 0.809. The van der Waals surface area contributed by atoms with Gasteiger partial charge in [-0.3, -0.25) is 0 Å². The molecule has 0 aromatic heterocycles. The lowest BCUT2D eigenvalue weighted by molar-refractivity contribution is -0.135. The van der Waals surface area contributed by atoms with Gasteiger partial charge in [-0.25, -0.2) is 4.79 Å². The number of halogens is 4. The maximum Gasteiger partial charge on any atom is 0.389 e. The van der Waals surface area contributed by atoms with Gasteiger partial charge >= 0.3 is 12.1 Å². The molecule has 0 aliphatic heterocycles. The van der Waals surface area contributed by atoms with Crippen LogP contribution >= 0.6 is 11.6 Å². The van der Waals surface area contributed by atoms with Crippen molar-refractivity contribution in [3.8, 4) is 0 Å². The van der Waals surface area contributed by atoms with Crippen molar-refractivity contribution < 1.29 is 23.1 Å². The molecule has 0 saturated heterocycles. The molecule has 20 heavy (non-hydrogen) atoms. The molecule has 2 N–H and O–H groups in total. The zero-order chi connectivity index (χ0) is 15.3. The van der Waals surface area contributed by atoms with E-state index in [-0.39, 0.29) is 23.0 Å². The lowest BCUT2D eigenvalue weighted by Crippen LogP contribution is -2.17. The van der Waals surface area contributed by atoms with Crippen molar-refractivity contribution in [2.45, 2.75) is 38.4 Å². The Balaban J connectivity index is 2.56. The van der Waals surface area contributed by atoms with Gasteiger partial charge < -0.3 is 10.4 Å². The van der Waals surface area contributed by atoms with Crippen molar-refractivity contribution in [3.63, 3.8) is 0 Å². The summed E-state index contributed by atoms with van der Waals surface area (Å²) in [6.45, 7) is 1.74. The number of nitrogens with one attached hydrogen (secondary N) is 1. The number of anilines is 1. The third-order valence-corrected chi connectivity index (χ3v) is 3.04. The van der Waals surface area contributed by atoms with Crippen LogP contribution in [-0.4, -0.2) is 23.3 Å². The molecule has 0 bridgehead atoms. The second-order valence-corrected chi connectivity index (χ2v) is 4.96. The molecule has 1 rings (SSSR count). The number of benzene rings is 1. The van der Waals surface area contributed by atoms with Crippen molar-refractivity contribution in [2.75, 3.05) is 5.32 Å². The zero-order valence-corrected chi connectivity index (χ0v) is 11.6. The summed E-state index contributed by atoms with van der Waals surface area (Å²) in [5, 5.41) is 12.0. The van der Waals surface area contributed by atoms with E-state index >= 15 is 0 Å². The molecule has 112 valence electrons. The summed E-state index contributed by atoms with van der Waals surface area (Å²) >= 11 is 5.73. The van der Waals surface area contributed by atoms with Crippen LogP contribution < -0.4 is 5.32 Å². The Bertz CT molecular complexity index is 477. The van der Waals surface area contributed by atoms with Gasteiger partial charge in [-0.2, -0.15) is 13.2 Å². The van der Waals surface area contributed by atoms with E-state index in [1.165, 1.54) is 12.1 Å². The van der Waals surface area contributed by atoms with E-state index in [1.807, 2.05) is 0 Å². The fourth-order valence-corrected chi connectivity index (χ4v) is 1.94. The summed E-state index contributed by atoms with van der Waals surface area (Å²) in [6.07, 6.45) is -4.60. The lowest BCUT2D eigenvalue weighted by Gasteiger charge is -2.16. The summed E-state index contributed by atoms with van der Waals surface area (Å²) in [7, 11) is 0. The molecule has 0 saturated carbocycles. The van der Waals surface area contributed by atoms with Gasteiger partial charge in [-0.15, -0.1) is 0 Å². The summed E-state index contributed by atoms with van der Waals surface area (Å²) in [4.78, 5) is 10.9. The molecule has 1 aromatic rings. The van der Waals surface area contributed by atoms with E-state index in [9.17, 15) is 18.0 Å². The van der Waals surface area contributed by atoms with Crippen molar-refractivity contribution in [1.82, 2.24) is 0 Å². The first kappa shape index (κ1) is 16.6. The Morgan fingerprint density at radius 3 is 2.65 bits per heavy atom. The average Bonchev–Trinajstić information content (AvgIpc) is 2.29. The van der Waals surface area contributed by atoms with Crippen molar-refractivity contribution in [1.29, 1.82) is 0 Å². The molecule has 1 aromatic carbocycles. The molecule has 0 radical (unpaired) electrons. The monoisotopic (exact) mass is 309 g/mol. The number of alkyl halides is 3. The van der Waals surface area contributed by atoms with Gasteiger partial charge in [0, 0.05) is 18.2 Å². The molecule has 1 unspecified atom stereocenters. The number of hydrogen-bond acceptors (Lipinski definition) is 2. The summed E-state index contributed by atoms with van der Waals surface area (Å²) < 4.78 is 36.1. The van der Waals surface area contributed by atoms with Crippen LogP contribution in [0.3, 0.4) is 0 Å². The molecule has 0 fully saturated rings. The molecule has 0 amide bonds. The minimum Gasteiger partial charge on any atom is -0.478 e. The van der Waals surface area contributed by atoms with Crippen LogP contribution in [0, 0.1) is 0 Å². The first-order valence-corrected chi connectivity index (χ1v) is 6.43. The van der Waals surface area contributed by atoms with E-state index < -0.39 is 18.6 Å². The normalized spacial score (nSPS) is 13.1. The van der Waals surface area contributed by atoms with E-state index in [2.05, 4.69) is 5.32 Å². The molecule has 0 aliphatic rings. The smallest absolute Gasteiger partial charge is 0.389 e. The van der Waals surface area contributed by atoms with Crippen LogP contribution in [0.25, 0.3) is 0 Å². The molecular formula is C13H15ClF3NO2. The summed E-state index contributed by atoms with van der Waals surface area (Å²) in [5.74, 6) is -1.15. The van der Waals surface area contributed by atoms with Crippen molar-refractivity contribution in [2.24, 2.45) is 0 Å². The third kappa shape index (κ3) is 5.69. The highest BCUT2D eigenvalue weighted by atomic mass is 35.5. The molecule has 7 heteroatoms. The number of carboxylic acid groups (broad SMARTS) is 1. The van der Waals surface area contributed by atoms with Crippen LogP contribution in [0.15, 0.2) is 18.2 Å². The van der Waals surface area contributed by atoms with Gasteiger partial charge in [0.1, 0.15) is 0 Å². The third-order valence-electron chi connectivity index (χ3n) is 2.71. The fourth-order valence-electron chi connectivity index (χ4n) is 1.74. The van der Waals surface area contributed by atoms with Gasteiger partial charge in [0.05, 0.1) is 10.6 Å². The Morgan fingerprint density at radius 2 is 2.10 bits per heavy atom. The first-order valence-electron chi connectivity index (χ1n) is 6.05. The molecule has 0 heterocycles. The maximum absolute atomic E-state index is 12.0. The van der Waals surface area contributed by atoms with Gasteiger partial charge in [-0.05, 0) is 38.0 Å². The molecule has 3 nitrogen and oxygen atoms in total. The fraction of sp³-hybridized carbons (Fsp3) is 0.462. The Labute approximate surface area is 119 Å². The highest BCUT2D eigenvalue weighted by Gasteiger charge is 2.26. The highest BCUT2D eigenvalue weighted by Crippen LogP contribution is 2.24. The van der Waals surface area contributed by atoms with Gasteiger partial charge in [0.2, 0.25) is 0 Å². The largest absolute Gasteiger partial charge is 0.478 e. The number of aromatic carboxylic acids is 1. The SMILES string of the molecule is CC(CCCC(F)(F)F)Nc1ccc(Cl)c(C(=O)O)c1. The van der Waals surface area contributed by atoms with Gasteiger partial charge in [0.15, 0.2) is 0 Å². The van der Waals surface area contributed by atoms with Crippen molar-refractivity contribution >= 4 is 23.3 Å². The number of hydrogen-bond donors (Lipinski definition) is 2. The molecule has 0 aliphatic carbocycles. The minimum atomic E-state index is -4.14. The van der Waals surface area contributed by atoms with Crippen LogP contribution in [0.1, 0.15) is 36.5 Å². The van der Waals surface area contributed by atoms with E-state index in [1.54, 1.807) is 13.0 Å². The summed E-state index contributed by atoms with van der Waals surface area (Å²) in [6, 6.07) is 4.20. The topological polar surface area (TPSA) is 49.3 Å². The Morgan fingerprint density at radius 1 is 1.45 bits per heavy atom. The predicted molar refractivity (Wildman–Crippen MR) is 71.4 cm³/mol. The Kier molecular flexibility index (Phi) is 5.68. The Hall–Kier alpha value is -1.43. The zero-order valence-electron chi connectivity index (χ0n) is 10.8. The molecule has 1 atom stereocenters. The minimum absolute atomic E-state index is 0.0248. The predicted octanol–water partition coefficient (Wildman–Crippen LogP) is 4.57. The second-order valence-electron chi connectivity index (χ2n) is 4.55. The number of carbonyl (C=O) groups is 1. The van der Waals surface area contributed by atoms with Gasteiger partial charge in [0.25, 0.3) is 0 Å². The number of carboxylic acids is 1. The first-order chi connectivity index (χ1) is 9.19. The van der Waals surface area contributed by atoms with E-state index in [0.29, 0.717) is 12.1 Å². The van der Waals surface area contributed by atoms with E-state index in [0.717, 1.165) is 0 Å². The maximum atomic E-state index is 12.0. The van der Waals surface area contributed by atoms with Crippen molar-refractivity contribution in [3.05, 3.63) is 28.8 Å². The lowest BCUT2D eigenvalue weighted by atomic mass is 10.1. The van der Waals surface area contributed by atoms with Crippen LogP contribution in [0.5, 0.6) is 0 Å². The van der Waals surface area contributed by atoms with Gasteiger partial charge in [-0.1, -0.05) is 11.6 Å². The van der Waals surface area contributed by atoms with Crippen LogP contribution in [0.4, 0.5) is 18.9 Å². The van der Waals surface area contributed by atoms with Crippen LogP contribution in [-0.2, 0) is 0 Å². The summed E-state index contributed by atoms with van der Waals surface area (Å²) in [5.41, 5.74) is 0.477. The number of rotatable bonds is 6. The van der Waals surface area contributed by atoms with E-state index in [4.69, 9.17) is 16.7 Å². The highest BCUT2D eigenvalue weighted by molar-refractivity contribution is 6.33. The standard InChI is InChI=1S/C13H15ClF3NO2/c1-8(3-2-6-13(15,16)17)18-9-4-5-11(14)10(7-9)12(19)20/h4-5,7-8,18H,2-3,6H2,1H3,(H,19,20). The molecule has 0 spiro atoms. The molecular weight excluding hydrogens is 295 g/mol. The second kappa shape index (κ2) is 6.83. The van der Waals surface area contributed by atoms with Crippen LogP contribution in [0.2, 0.25) is 5.02 Å². The average molecular weight is 310 g/mol.